The highest BCUT2D eigenvalue weighted by atomic mass is 35.5. The van der Waals surface area contributed by atoms with Gasteiger partial charge in [0.15, 0.2) is 11.5 Å². The Kier molecular flexibility index (Phi) is 10.2. The Morgan fingerprint density at radius 3 is 1.33 bits per heavy atom. The zero-order chi connectivity index (χ0) is 31.6. The number of pyridine rings is 1. The predicted octanol–water partition coefficient (Wildman–Crippen LogP) is 5.99. The van der Waals surface area contributed by atoms with Gasteiger partial charge in [-0.05, 0) is 29.7 Å². The van der Waals surface area contributed by atoms with E-state index in [0.29, 0.717) is 37.7 Å². The van der Waals surface area contributed by atoms with Gasteiger partial charge in [0, 0.05) is 23.6 Å². The van der Waals surface area contributed by atoms with Crippen molar-refractivity contribution < 1.29 is 18.8 Å². The van der Waals surface area contributed by atoms with Crippen LogP contribution in [0.2, 0.25) is 0 Å². The zero-order valence-electron chi connectivity index (χ0n) is 24.6. The third-order valence-electron chi connectivity index (χ3n) is 6.34. The van der Waals surface area contributed by atoms with E-state index in [1.54, 1.807) is 0 Å². The number of carbonyl (C=O) groups is 3. The molecule has 0 unspecified atom stereocenters. The normalized spacial score (nSPS) is 11.5. The molecule has 0 atom stereocenters. The van der Waals surface area contributed by atoms with Gasteiger partial charge < -0.3 is 5.73 Å². The summed E-state index contributed by atoms with van der Waals surface area (Å²) in [7, 11) is 0. The summed E-state index contributed by atoms with van der Waals surface area (Å²) in [5.41, 5.74) is 5.56. The molecule has 0 bridgehead atoms. The monoisotopic (exact) mass is 618 g/mol. The molecule has 0 radical (unpaired) electrons. The number of carbonyl (C=O) groups excluding carboxylic acids is 3. The Hall–Kier alpha value is -3.77. The molecular formula is C28H33Cl2FN8O3. The Bertz CT molecular complexity index is 1480. The summed E-state index contributed by atoms with van der Waals surface area (Å²) in [6.45, 7) is 14.8. The fourth-order valence-electron chi connectivity index (χ4n) is 4.28. The molecule has 0 aliphatic carbocycles. The molecular weight excluding hydrogens is 586 g/mol. The lowest BCUT2D eigenvalue weighted by Gasteiger charge is -2.24. The van der Waals surface area contributed by atoms with Gasteiger partial charge in [-0.3, -0.25) is 14.4 Å². The highest BCUT2D eigenvalue weighted by Gasteiger charge is 2.34. The van der Waals surface area contributed by atoms with Gasteiger partial charge in [-0.15, -0.1) is 0 Å². The van der Waals surface area contributed by atoms with Crippen LogP contribution in [0.25, 0.3) is 0 Å². The van der Waals surface area contributed by atoms with Crippen LogP contribution in [0.3, 0.4) is 0 Å². The number of hydrogen-bond donors (Lipinski definition) is 1. The van der Waals surface area contributed by atoms with Crippen LogP contribution in [0.4, 0.5) is 15.8 Å². The van der Waals surface area contributed by atoms with E-state index in [0.717, 1.165) is 0 Å². The third-order valence-corrected chi connectivity index (χ3v) is 6.99. The first kappa shape index (κ1) is 32.7. The lowest BCUT2D eigenvalue weighted by molar-refractivity contribution is 0.0960. The van der Waals surface area contributed by atoms with Crippen molar-refractivity contribution in [2.45, 2.75) is 79.1 Å². The SMILES string of the molecule is CC(C)c1ncnc(C(C)C)c1N(Cl)C(=O)c1nc(C(=O)N(Cl)c2c(C(C)C)ncnc2C(C)C)c(C(N)=O)cc1F. The van der Waals surface area contributed by atoms with Crippen molar-refractivity contribution in [1.29, 1.82) is 0 Å². The first-order valence-electron chi connectivity index (χ1n) is 13.3. The Morgan fingerprint density at radius 2 is 1.02 bits per heavy atom. The lowest BCUT2D eigenvalue weighted by atomic mass is 10.0. The maximum absolute atomic E-state index is 15.4. The van der Waals surface area contributed by atoms with Crippen molar-refractivity contribution in [3.8, 4) is 0 Å². The summed E-state index contributed by atoms with van der Waals surface area (Å²) in [6.07, 6.45) is 2.73. The highest BCUT2D eigenvalue weighted by Crippen LogP contribution is 2.36. The summed E-state index contributed by atoms with van der Waals surface area (Å²) >= 11 is 13.1. The van der Waals surface area contributed by atoms with E-state index in [1.807, 2.05) is 55.4 Å². The first-order chi connectivity index (χ1) is 19.6. The van der Waals surface area contributed by atoms with Crippen molar-refractivity contribution in [1.82, 2.24) is 24.9 Å². The summed E-state index contributed by atoms with van der Waals surface area (Å²) in [5, 5.41) is 0. The van der Waals surface area contributed by atoms with Crippen LogP contribution in [0, 0.1) is 5.82 Å². The average molecular weight is 620 g/mol. The molecule has 0 aliphatic rings. The Balaban J connectivity index is 2.22. The third kappa shape index (κ3) is 6.34. The van der Waals surface area contributed by atoms with Crippen molar-refractivity contribution >= 4 is 52.6 Å². The topological polar surface area (TPSA) is 148 Å². The Labute approximate surface area is 253 Å². The number of amides is 3. The van der Waals surface area contributed by atoms with E-state index < -0.39 is 40.5 Å². The first-order valence-corrected chi connectivity index (χ1v) is 14.0. The largest absolute Gasteiger partial charge is 0.366 e. The standard InChI is InChI=1S/C28H33Cl2FN8O3/c1-12(2)18-24(19(13(3)4)34-10-33-18)38(29)27(41)22-16(26(32)40)9-17(31)23(37-22)28(42)39(30)25-20(14(5)6)35-11-36-21(25)15(7)8/h9-15H,1-8H3,(H2,32,40). The average Bonchev–Trinajstić information content (AvgIpc) is 2.94. The zero-order valence-corrected chi connectivity index (χ0v) is 26.1. The van der Waals surface area contributed by atoms with E-state index >= 15 is 4.39 Å². The minimum absolute atomic E-state index is 0.172. The smallest absolute Gasteiger partial charge is 0.294 e. The van der Waals surface area contributed by atoms with Crippen LogP contribution in [-0.4, -0.2) is 42.6 Å². The van der Waals surface area contributed by atoms with Gasteiger partial charge in [-0.2, -0.15) is 0 Å². The van der Waals surface area contributed by atoms with Crippen molar-refractivity contribution in [3.63, 3.8) is 0 Å². The Morgan fingerprint density at radius 1 is 0.690 bits per heavy atom. The number of halogens is 3. The van der Waals surface area contributed by atoms with Crippen molar-refractivity contribution in [2.24, 2.45) is 5.73 Å². The van der Waals surface area contributed by atoms with Gasteiger partial charge in [0.1, 0.15) is 29.7 Å². The number of aromatic nitrogens is 5. The molecule has 3 aromatic rings. The van der Waals surface area contributed by atoms with Crippen LogP contribution in [-0.2, 0) is 0 Å². The van der Waals surface area contributed by atoms with Crippen molar-refractivity contribution in [3.05, 3.63) is 64.3 Å². The minimum atomic E-state index is -1.22. The van der Waals surface area contributed by atoms with Gasteiger partial charge >= 0.3 is 0 Å². The number of nitrogens with zero attached hydrogens (tertiary/aromatic N) is 7. The van der Waals surface area contributed by atoms with E-state index in [9.17, 15) is 14.4 Å². The second-order valence-corrected chi connectivity index (χ2v) is 11.5. The van der Waals surface area contributed by atoms with Crippen LogP contribution in [0.1, 0.15) is 133 Å². The van der Waals surface area contributed by atoms with Gasteiger partial charge in [-0.25, -0.2) is 38.1 Å². The fourth-order valence-corrected chi connectivity index (χ4v) is 4.79. The molecule has 3 aromatic heterocycles. The molecule has 2 N–H and O–H groups in total. The van der Waals surface area contributed by atoms with Crippen molar-refractivity contribution in [2.75, 3.05) is 8.84 Å². The van der Waals surface area contributed by atoms with Gasteiger partial charge in [0.2, 0.25) is 0 Å². The van der Waals surface area contributed by atoms with E-state index in [1.165, 1.54) is 12.7 Å². The van der Waals surface area contributed by atoms with Crippen LogP contribution in [0.5, 0.6) is 0 Å². The number of anilines is 2. The second-order valence-electron chi connectivity index (χ2n) is 10.9. The maximum atomic E-state index is 15.4. The van der Waals surface area contributed by atoms with E-state index in [-0.39, 0.29) is 35.0 Å². The molecule has 224 valence electrons. The van der Waals surface area contributed by atoms with Crippen LogP contribution in [0.15, 0.2) is 18.7 Å². The molecule has 3 heterocycles. The van der Waals surface area contributed by atoms with Gasteiger partial charge in [0.25, 0.3) is 17.7 Å². The number of nitrogens with two attached hydrogens (primary N) is 1. The van der Waals surface area contributed by atoms with Crippen LogP contribution < -0.4 is 14.6 Å². The molecule has 0 fully saturated rings. The lowest BCUT2D eigenvalue weighted by Crippen LogP contribution is -2.32. The number of hydrogen-bond acceptors (Lipinski definition) is 8. The van der Waals surface area contributed by atoms with Gasteiger partial charge in [-0.1, -0.05) is 55.4 Å². The van der Waals surface area contributed by atoms with Gasteiger partial charge in [0.05, 0.1) is 28.3 Å². The number of primary amides is 1. The molecule has 11 nitrogen and oxygen atoms in total. The quantitative estimate of drug-likeness (QED) is 0.287. The highest BCUT2D eigenvalue weighted by molar-refractivity contribution is 6.41. The molecule has 3 rings (SSSR count). The molecule has 0 aliphatic heterocycles. The summed E-state index contributed by atoms with van der Waals surface area (Å²) in [4.78, 5) is 60.8. The molecule has 42 heavy (non-hydrogen) atoms. The van der Waals surface area contributed by atoms with E-state index in [2.05, 4.69) is 24.9 Å². The van der Waals surface area contributed by atoms with Crippen LogP contribution >= 0.6 is 23.6 Å². The maximum Gasteiger partial charge on any atom is 0.294 e. The fraction of sp³-hybridized carbons (Fsp3) is 0.429. The minimum Gasteiger partial charge on any atom is -0.366 e. The summed E-state index contributed by atoms with van der Waals surface area (Å²) in [6, 6.07) is 0.660. The molecule has 0 spiro atoms. The predicted molar refractivity (Wildman–Crippen MR) is 158 cm³/mol. The number of rotatable bonds is 9. The summed E-state index contributed by atoms with van der Waals surface area (Å²) < 4.78 is 16.8. The molecule has 0 saturated heterocycles. The van der Waals surface area contributed by atoms with E-state index in [4.69, 9.17) is 29.3 Å². The summed E-state index contributed by atoms with van der Waals surface area (Å²) in [5.74, 6) is -5.25. The molecule has 0 aromatic carbocycles. The molecule has 3 amide bonds. The molecule has 14 heteroatoms. The second kappa shape index (κ2) is 13.0. The molecule has 0 saturated carbocycles.